The maximum absolute atomic E-state index is 6.10. The average molecular weight is 208 g/mol. The number of hydrogen-bond acceptors (Lipinski definition) is 1. The van der Waals surface area contributed by atoms with Gasteiger partial charge in [0, 0.05) is 25.0 Å². The Morgan fingerprint density at radius 2 is 2.00 bits per heavy atom. The van der Waals surface area contributed by atoms with Gasteiger partial charge in [-0.25, -0.2) is 0 Å². The van der Waals surface area contributed by atoms with Gasteiger partial charge < -0.3 is 10.3 Å². The predicted octanol–water partition coefficient (Wildman–Crippen LogP) is 3.19. The number of nitrogens with two attached hydrogens (primary N) is 1. The largest absolute Gasteiger partial charge is 0.354 e. The Bertz CT molecular complexity index is 288. The summed E-state index contributed by atoms with van der Waals surface area (Å²) in [7, 11) is 0. The molecular weight excluding hydrogens is 184 g/mol. The van der Waals surface area contributed by atoms with E-state index in [-0.39, 0.29) is 6.04 Å². The summed E-state index contributed by atoms with van der Waals surface area (Å²) in [6.45, 7) is 9.94. The Morgan fingerprint density at radius 1 is 1.33 bits per heavy atom. The fraction of sp³-hybridized carbons (Fsp3) is 0.692. The standard InChI is InChI=1S/C13H24N2/c1-5-11(4)8-15-7-6-12(9-15)13(14)10(2)3/h6-7,9-11,13H,5,8,14H2,1-4H3. The van der Waals surface area contributed by atoms with E-state index in [1.54, 1.807) is 0 Å². The van der Waals surface area contributed by atoms with Crippen molar-refractivity contribution >= 4 is 0 Å². The van der Waals surface area contributed by atoms with Crippen molar-refractivity contribution in [2.24, 2.45) is 17.6 Å². The third-order valence-corrected chi connectivity index (χ3v) is 3.10. The van der Waals surface area contributed by atoms with Gasteiger partial charge in [0.15, 0.2) is 0 Å². The SMILES string of the molecule is CCC(C)Cn1ccc(C(N)C(C)C)c1. The van der Waals surface area contributed by atoms with Crippen molar-refractivity contribution in [2.75, 3.05) is 0 Å². The minimum atomic E-state index is 0.170. The van der Waals surface area contributed by atoms with Gasteiger partial charge in [0.25, 0.3) is 0 Å². The third-order valence-electron chi connectivity index (χ3n) is 3.10. The molecule has 1 aromatic rings. The lowest BCUT2D eigenvalue weighted by atomic mass is 10.00. The average Bonchev–Trinajstić information content (AvgIpc) is 2.64. The van der Waals surface area contributed by atoms with Gasteiger partial charge in [-0.05, 0) is 23.5 Å². The summed E-state index contributed by atoms with van der Waals surface area (Å²) in [6, 6.07) is 2.32. The van der Waals surface area contributed by atoms with Crippen molar-refractivity contribution in [3.8, 4) is 0 Å². The second-order valence-corrected chi connectivity index (χ2v) is 4.92. The van der Waals surface area contributed by atoms with Crippen LogP contribution in [0.1, 0.15) is 45.7 Å². The number of hydrogen-bond donors (Lipinski definition) is 1. The van der Waals surface area contributed by atoms with Gasteiger partial charge in [0.2, 0.25) is 0 Å². The molecule has 0 aliphatic rings. The zero-order chi connectivity index (χ0) is 11.4. The molecule has 1 aromatic heterocycles. The summed E-state index contributed by atoms with van der Waals surface area (Å²) in [6.07, 6.45) is 5.56. The lowest BCUT2D eigenvalue weighted by Gasteiger charge is -2.14. The fourth-order valence-corrected chi connectivity index (χ4v) is 1.64. The molecule has 15 heavy (non-hydrogen) atoms. The minimum absolute atomic E-state index is 0.170. The van der Waals surface area contributed by atoms with Gasteiger partial charge >= 0.3 is 0 Å². The Morgan fingerprint density at radius 3 is 2.53 bits per heavy atom. The van der Waals surface area contributed by atoms with Crippen LogP contribution in [0.25, 0.3) is 0 Å². The van der Waals surface area contributed by atoms with E-state index in [1.807, 2.05) is 0 Å². The van der Waals surface area contributed by atoms with Crippen LogP contribution < -0.4 is 5.73 Å². The van der Waals surface area contributed by atoms with E-state index in [0.29, 0.717) is 5.92 Å². The van der Waals surface area contributed by atoms with Crippen LogP contribution in [0.4, 0.5) is 0 Å². The maximum Gasteiger partial charge on any atom is 0.0333 e. The van der Waals surface area contributed by atoms with Crippen molar-refractivity contribution in [3.63, 3.8) is 0 Å². The highest BCUT2D eigenvalue weighted by Crippen LogP contribution is 2.19. The highest BCUT2D eigenvalue weighted by atomic mass is 14.9. The van der Waals surface area contributed by atoms with Crippen LogP contribution in [0, 0.1) is 11.8 Å². The second-order valence-electron chi connectivity index (χ2n) is 4.92. The molecule has 0 aliphatic carbocycles. The summed E-state index contributed by atoms with van der Waals surface area (Å²) < 4.78 is 2.26. The lowest BCUT2D eigenvalue weighted by molar-refractivity contribution is 0.466. The van der Waals surface area contributed by atoms with Crippen molar-refractivity contribution in [2.45, 2.75) is 46.7 Å². The first-order valence-corrected chi connectivity index (χ1v) is 5.95. The van der Waals surface area contributed by atoms with Crippen molar-refractivity contribution in [1.82, 2.24) is 4.57 Å². The van der Waals surface area contributed by atoms with Crippen LogP contribution in [0.5, 0.6) is 0 Å². The van der Waals surface area contributed by atoms with E-state index in [2.05, 4.69) is 50.7 Å². The van der Waals surface area contributed by atoms with Crippen LogP contribution >= 0.6 is 0 Å². The lowest BCUT2D eigenvalue weighted by Crippen LogP contribution is -2.16. The monoisotopic (exact) mass is 208 g/mol. The zero-order valence-electron chi connectivity index (χ0n) is 10.4. The molecule has 2 atom stereocenters. The van der Waals surface area contributed by atoms with Crippen LogP contribution in [0.15, 0.2) is 18.5 Å². The normalized spacial score (nSPS) is 15.6. The highest BCUT2D eigenvalue weighted by Gasteiger charge is 2.11. The van der Waals surface area contributed by atoms with E-state index >= 15 is 0 Å². The summed E-state index contributed by atoms with van der Waals surface area (Å²) in [4.78, 5) is 0. The molecule has 1 rings (SSSR count). The summed E-state index contributed by atoms with van der Waals surface area (Å²) >= 11 is 0. The van der Waals surface area contributed by atoms with E-state index in [9.17, 15) is 0 Å². The van der Waals surface area contributed by atoms with Crippen LogP contribution in [-0.2, 0) is 6.54 Å². The Hall–Kier alpha value is -0.760. The van der Waals surface area contributed by atoms with Gasteiger partial charge in [-0.1, -0.05) is 34.1 Å². The van der Waals surface area contributed by atoms with E-state index in [1.165, 1.54) is 12.0 Å². The van der Waals surface area contributed by atoms with Crippen molar-refractivity contribution in [1.29, 1.82) is 0 Å². The first-order valence-electron chi connectivity index (χ1n) is 5.95. The third kappa shape index (κ3) is 3.38. The molecule has 0 aromatic carbocycles. The Kier molecular flexibility index (Phi) is 4.40. The Labute approximate surface area is 93.5 Å². The van der Waals surface area contributed by atoms with Gasteiger partial charge in [-0.15, -0.1) is 0 Å². The first-order chi connectivity index (χ1) is 7.04. The number of rotatable bonds is 5. The molecule has 0 amide bonds. The van der Waals surface area contributed by atoms with Gasteiger partial charge in [-0.2, -0.15) is 0 Å². The smallest absolute Gasteiger partial charge is 0.0333 e. The minimum Gasteiger partial charge on any atom is -0.354 e. The topological polar surface area (TPSA) is 30.9 Å². The Balaban J connectivity index is 2.63. The van der Waals surface area contributed by atoms with Crippen molar-refractivity contribution in [3.05, 3.63) is 24.0 Å². The molecule has 2 heteroatoms. The first kappa shape index (κ1) is 12.3. The van der Waals surface area contributed by atoms with E-state index in [0.717, 1.165) is 12.5 Å². The number of aromatic nitrogens is 1. The molecule has 0 saturated carbocycles. The zero-order valence-corrected chi connectivity index (χ0v) is 10.4. The van der Waals surface area contributed by atoms with Crippen LogP contribution in [-0.4, -0.2) is 4.57 Å². The summed E-state index contributed by atoms with van der Waals surface area (Å²) in [5.74, 6) is 1.24. The molecule has 0 radical (unpaired) electrons. The predicted molar refractivity (Wildman–Crippen MR) is 65.7 cm³/mol. The van der Waals surface area contributed by atoms with Gasteiger partial charge in [0.05, 0.1) is 0 Å². The highest BCUT2D eigenvalue weighted by molar-refractivity contribution is 5.15. The van der Waals surface area contributed by atoms with Gasteiger partial charge in [0.1, 0.15) is 0 Å². The molecule has 0 aliphatic heterocycles. The quantitative estimate of drug-likeness (QED) is 0.791. The molecular formula is C13H24N2. The maximum atomic E-state index is 6.10. The summed E-state index contributed by atoms with van der Waals surface area (Å²) in [5.41, 5.74) is 7.36. The molecule has 0 bridgehead atoms. The second kappa shape index (κ2) is 5.36. The molecule has 2 unspecified atom stereocenters. The van der Waals surface area contributed by atoms with E-state index < -0.39 is 0 Å². The van der Waals surface area contributed by atoms with Crippen LogP contribution in [0.2, 0.25) is 0 Å². The van der Waals surface area contributed by atoms with Crippen molar-refractivity contribution < 1.29 is 0 Å². The summed E-state index contributed by atoms with van der Waals surface area (Å²) in [5, 5.41) is 0. The molecule has 2 N–H and O–H groups in total. The van der Waals surface area contributed by atoms with Crippen LogP contribution in [0.3, 0.4) is 0 Å². The van der Waals surface area contributed by atoms with E-state index in [4.69, 9.17) is 5.73 Å². The number of nitrogens with zero attached hydrogens (tertiary/aromatic N) is 1. The molecule has 1 heterocycles. The molecule has 2 nitrogen and oxygen atoms in total. The molecule has 0 saturated heterocycles. The van der Waals surface area contributed by atoms with Gasteiger partial charge in [-0.3, -0.25) is 0 Å². The fourth-order valence-electron chi connectivity index (χ4n) is 1.64. The molecule has 0 fully saturated rings. The molecule has 86 valence electrons. The molecule has 0 spiro atoms.